The van der Waals surface area contributed by atoms with Gasteiger partial charge in [-0.2, -0.15) is 0 Å². The largest absolute Gasteiger partial charge is 0.507 e. The van der Waals surface area contributed by atoms with Crippen LogP contribution in [0.3, 0.4) is 0 Å². The van der Waals surface area contributed by atoms with Crippen molar-refractivity contribution >= 4 is 22.5 Å². The highest BCUT2D eigenvalue weighted by Gasteiger charge is 2.35. The quantitative estimate of drug-likeness (QED) is 0.565. The van der Waals surface area contributed by atoms with Crippen molar-refractivity contribution in [2.75, 3.05) is 7.11 Å². The van der Waals surface area contributed by atoms with E-state index in [0.717, 1.165) is 6.42 Å². The molecule has 0 saturated carbocycles. The van der Waals surface area contributed by atoms with Crippen LogP contribution in [0.1, 0.15) is 69.4 Å². The van der Waals surface area contributed by atoms with Gasteiger partial charge in [-0.3, -0.25) is 14.4 Å². The number of hydrogen-bond donors (Lipinski definition) is 1. The van der Waals surface area contributed by atoms with Crippen LogP contribution in [0.4, 0.5) is 0 Å². The van der Waals surface area contributed by atoms with Gasteiger partial charge in [0.15, 0.2) is 11.2 Å². The summed E-state index contributed by atoms with van der Waals surface area (Å²) < 4.78 is 11.3. The normalized spacial score (nSPS) is 14.0. The van der Waals surface area contributed by atoms with Crippen LogP contribution >= 0.6 is 0 Å². The smallest absolute Gasteiger partial charge is 0.202 e. The van der Waals surface area contributed by atoms with Crippen molar-refractivity contribution in [3.63, 3.8) is 0 Å². The zero-order valence-corrected chi connectivity index (χ0v) is 16.4. The van der Waals surface area contributed by atoms with E-state index in [1.165, 1.54) is 37.4 Å². The van der Waals surface area contributed by atoms with Gasteiger partial charge in [0.1, 0.15) is 17.1 Å². The van der Waals surface area contributed by atoms with E-state index in [1.807, 2.05) is 13.8 Å². The molecule has 1 aliphatic rings. The maximum atomic E-state index is 13.3. The number of carbonyl (C=O) groups is 2. The van der Waals surface area contributed by atoms with Crippen LogP contribution in [0.25, 0.3) is 11.0 Å². The molecule has 6 nitrogen and oxygen atoms in total. The van der Waals surface area contributed by atoms with Crippen molar-refractivity contribution in [2.24, 2.45) is 0 Å². The number of hydrogen-bond acceptors (Lipinski definition) is 6. The van der Waals surface area contributed by atoms with Gasteiger partial charge in [-0.15, -0.1) is 0 Å². The predicted molar refractivity (Wildman–Crippen MR) is 107 cm³/mol. The van der Waals surface area contributed by atoms with Crippen LogP contribution in [0, 0.1) is 0 Å². The molecule has 4 rings (SSSR count). The fourth-order valence-electron chi connectivity index (χ4n) is 3.79. The van der Waals surface area contributed by atoms with E-state index in [9.17, 15) is 19.5 Å². The molecule has 0 saturated heterocycles. The first-order valence-electron chi connectivity index (χ1n) is 9.42. The summed E-state index contributed by atoms with van der Waals surface area (Å²) in [5.41, 5.74) is 0.492. The molecule has 1 N–H and O–H groups in total. The maximum Gasteiger partial charge on any atom is 0.202 e. The van der Waals surface area contributed by atoms with Crippen LogP contribution < -0.4 is 5.43 Å². The Morgan fingerprint density at radius 2 is 1.83 bits per heavy atom. The first-order valence-corrected chi connectivity index (χ1v) is 9.42. The zero-order chi connectivity index (χ0) is 20.9. The lowest BCUT2D eigenvalue weighted by atomic mass is 9.81. The summed E-state index contributed by atoms with van der Waals surface area (Å²) in [6, 6.07) is 7.33. The minimum absolute atomic E-state index is 0.0149. The number of phenolic OH excluding ortho intramolecular Hbond substituents is 1. The van der Waals surface area contributed by atoms with E-state index in [2.05, 4.69) is 0 Å². The summed E-state index contributed by atoms with van der Waals surface area (Å²) in [5, 5.41) is 10.5. The molecule has 1 aromatic heterocycles. The Balaban J connectivity index is 2.15. The summed E-state index contributed by atoms with van der Waals surface area (Å²) in [5.74, 6) is -0.803. The average Bonchev–Trinajstić information content (AvgIpc) is 2.70. The summed E-state index contributed by atoms with van der Waals surface area (Å²) in [6.07, 6.45) is 0.741. The van der Waals surface area contributed by atoms with Crippen molar-refractivity contribution in [3.05, 3.63) is 74.1 Å². The molecule has 0 fully saturated rings. The molecule has 0 amide bonds. The van der Waals surface area contributed by atoms with Gasteiger partial charge in [0, 0.05) is 30.2 Å². The number of carbonyl (C=O) groups excluding carboxylic acids is 2. The van der Waals surface area contributed by atoms with Gasteiger partial charge in [0.25, 0.3) is 0 Å². The molecule has 0 aliphatic heterocycles. The highest BCUT2D eigenvalue weighted by Crippen LogP contribution is 2.37. The second-order valence-electron chi connectivity index (χ2n) is 7.28. The lowest BCUT2D eigenvalue weighted by molar-refractivity contribution is 0.0976. The van der Waals surface area contributed by atoms with Crippen LogP contribution in [0.15, 0.2) is 39.5 Å². The molecular weight excluding hydrogens is 372 g/mol. The van der Waals surface area contributed by atoms with Crippen molar-refractivity contribution in [1.82, 2.24) is 0 Å². The fourth-order valence-corrected chi connectivity index (χ4v) is 3.79. The number of benzene rings is 2. The Morgan fingerprint density at radius 3 is 2.52 bits per heavy atom. The van der Waals surface area contributed by atoms with E-state index < -0.39 is 11.6 Å². The summed E-state index contributed by atoms with van der Waals surface area (Å²) >= 11 is 0. The van der Waals surface area contributed by atoms with E-state index >= 15 is 0 Å². The highest BCUT2D eigenvalue weighted by atomic mass is 16.5. The van der Waals surface area contributed by atoms with Crippen molar-refractivity contribution in [1.29, 1.82) is 0 Å². The Labute approximate surface area is 166 Å². The van der Waals surface area contributed by atoms with Gasteiger partial charge in [-0.05, 0) is 24.1 Å². The summed E-state index contributed by atoms with van der Waals surface area (Å²) in [7, 11) is 1.49. The highest BCUT2D eigenvalue weighted by molar-refractivity contribution is 6.32. The number of aromatic hydroxyl groups is 1. The number of ketones is 2. The fraction of sp³-hybridized carbons (Fsp3) is 0.261. The molecule has 29 heavy (non-hydrogen) atoms. The Morgan fingerprint density at radius 1 is 1.07 bits per heavy atom. The van der Waals surface area contributed by atoms with Crippen molar-refractivity contribution < 1.29 is 23.8 Å². The lowest BCUT2D eigenvalue weighted by Crippen LogP contribution is -2.23. The third kappa shape index (κ3) is 2.79. The standard InChI is InChI=1S/C23H20O6/c1-4-11(2)17-9-16(25)18-12(10-28-3)8-14-20(23(18)29-17)22(27)19-13(21(14)26)6-5-7-15(19)24/h5-9,11,24H,4,10H2,1-3H3/t11-/m0/s1. The van der Waals surface area contributed by atoms with Gasteiger partial charge < -0.3 is 14.3 Å². The maximum absolute atomic E-state index is 13.3. The number of rotatable bonds is 4. The van der Waals surface area contributed by atoms with Crippen LogP contribution in [-0.4, -0.2) is 23.8 Å². The molecule has 0 spiro atoms. The molecule has 148 valence electrons. The number of methoxy groups -OCH3 is 1. The van der Waals surface area contributed by atoms with Gasteiger partial charge in [-0.1, -0.05) is 26.0 Å². The topological polar surface area (TPSA) is 93.8 Å². The number of fused-ring (bicyclic) bond motifs is 4. The average molecular weight is 392 g/mol. The molecule has 2 aromatic carbocycles. The molecule has 0 bridgehead atoms. The van der Waals surface area contributed by atoms with Gasteiger partial charge in [0.2, 0.25) is 5.78 Å². The second kappa shape index (κ2) is 6.97. The van der Waals surface area contributed by atoms with Crippen LogP contribution in [0.5, 0.6) is 5.75 Å². The zero-order valence-electron chi connectivity index (χ0n) is 16.4. The van der Waals surface area contributed by atoms with E-state index in [-0.39, 0.29) is 56.9 Å². The Kier molecular flexibility index (Phi) is 4.59. The minimum atomic E-state index is -0.536. The predicted octanol–water partition coefficient (Wildman–Crippen LogP) is 3.93. The van der Waals surface area contributed by atoms with Crippen LogP contribution in [0.2, 0.25) is 0 Å². The number of ether oxygens (including phenoxy) is 1. The van der Waals surface area contributed by atoms with Crippen molar-refractivity contribution in [3.8, 4) is 5.75 Å². The third-order valence-corrected chi connectivity index (χ3v) is 5.49. The van der Waals surface area contributed by atoms with Crippen molar-refractivity contribution in [2.45, 2.75) is 32.8 Å². The second-order valence-corrected chi connectivity index (χ2v) is 7.28. The Hall–Kier alpha value is -3.25. The van der Waals surface area contributed by atoms with Crippen LogP contribution in [-0.2, 0) is 11.3 Å². The summed E-state index contributed by atoms with van der Waals surface area (Å²) in [4.78, 5) is 39.4. The molecular formula is C23H20O6. The van der Waals surface area contributed by atoms with E-state index in [1.54, 1.807) is 0 Å². The van der Waals surface area contributed by atoms with Gasteiger partial charge in [-0.25, -0.2) is 0 Å². The Bertz CT molecular complexity index is 1230. The molecule has 1 heterocycles. The summed E-state index contributed by atoms with van der Waals surface area (Å²) in [6.45, 7) is 3.98. The molecule has 3 aromatic rings. The van der Waals surface area contributed by atoms with Gasteiger partial charge in [0.05, 0.1) is 23.1 Å². The SMILES string of the molecule is CC[C@H](C)c1cc(=O)c2c(COC)cc3c(c2o1)C(=O)c1c(O)cccc1C3=O. The van der Waals surface area contributed by atoms with E-state index in [4.69, 9.17) is 9.15 Å². The molecule has 0 radical (unpaired) electrons. The molecule has 0 unspecified atom stereocenters. The monoisotopic (exact) mass is 392 g/mol. The molecule has 1 atom stereocenters. The minimum Gasteiger partial charge on any atom is -0.507 e. The molecule has 6 heteroatoms. The lowest BCUT2D eigenvalue weighted by Gasteiger charge is -2.21. The third-order valence-electron chi connectivity index (χ3n) is 5.49. The molecule has 1 aliphatic carbocycles. The first kappa shape index (κ1) is 19.1. The number of phenols is 1. The first-order chi connectivity index (χ1) is 13.9. The van der Waals surface area contributed by atoms with Gasteiger partial charge >= 0.3 is 0 Å². The van der Waals surface area contributed by atoms with E-state index in [0.29, 0.717) is 11.3 Å².